The van der Waals surface area contributed by atoms with Crippen LogP contribution < -0.4 is 14.8 Å². The van der Waals surface area contributed by atoms with Gasteiger partial charge in [-0.1, -0.05) is 43.2 Å². The number of nitrogens with zero attached hydrogens (tertiary/aromatic N) is 3. The number of hydrogen-bond donors (Lipinski definition) is 2. The van der Waals surface area contributed by atoms with Gasteiger partial charge in [0.05, 0.1) is 44.2 Å². The van der Waals surface area contributed by atoms with Crippen LogP contribution in [0.4, 0.5) is 5.82 Å². The standard InChI is InChI=1S/C30H33N5O5/c1-37-23-14-25(29(30-38-11-12-39-30)26(15-23)40-19-20-7-3-2-4-8-20)35-18-21(17-31-35)13-28(36)32-27-16-24(33-34-27)22-9-5-6-10-22/h2-4,7-8,14-18,22,30H,5-6,9-13,19H2,1H3,(H2,32,33,34,36). The van der Waals surface area contributed by atoms with Crippen LogP contribution in [0, 0.1) is 0 Å². The Kier molecular flexibility index (Phi) is 7.78. The highest BCUT2D eigenvalue weighted by molar-refractivity contribution is 5.91. The fourth-order valence-electron chi connectivity index (χ4n) is 5.31. The second-order valence-electron chi connectivity index (χ2n) is 10.1. The van der Waals surface area contributed by atoms with Gasteiger partial charge in [-0.25, -0.2) is 4.68 Å². The van der Waals surface area contributed by atoms with Crippen LogP contribution in [-0.2, 0) is 27.3 Å². The average molecular weight is 544 g/mol. The minimum absolute atomic E-state index is 0.152. The fraction of sp³-hybridized carbons (Fsp3) is 0.367. The number of amides is 1. The SMILES string of the molecule is COc1cc(OCc2ccccc2)c(C2OCCO2)c(-n2cc(CC(=O)Nc3cc(C4CCCC4)[nH]n3)cn2)c1. The topological polar surface area (TPSA) is 113 Å². The maximum atomic E-state index is 12.8. The molecule has 0 spiro atoms. The molecule has 2 aromatic heterocycles. The number of nitrogens with one attached hydrogen (secondary N) is 2. The molecule has 10 nitrogen and oxygen atoms in total. The number of carbonyl (C=O) groups is 1. The van der Waals surface area contributed by atoms with Crippen LogP contribution in [0.2, 0.25) is 0 Å². The molecule has 2 N–H and O–H groups in total. The first kappa shape index (κ1) is 26.1. The van der Waals surface area contributed by atoms with Gasteiger partial charge in [0, 0.05) is 36.0 Å². The summed E-state index contributed by atoms with van der Waals surface area (Å²) in [5.74, 6) is 2.07. The average Bonchev–Trinajstić information content (AvgIpc) is 3.80. The molecule has 1 saturated heterocycles. The molecule has 2 aliphatic rings. The molecule has 1 aliphatic heterocycles. The molecule has 2 aromatic carbocycles. The summed E-state index contributed by atoms with van der Waals surface area (Å²) in [6.45, 7) is 1.33. The number of H-pyrrole nitrogens is 1. The Morgan fingerprint density at radius 1 is 1.10 bits per heavy atom. The molecule has 0 unspecified atom stereocenters. The van der Waals surface area contributed by atoms with Crippen LogP contribution in [0.25, 0.3) is 5.69 Å². The van der Waals surface area contributed by atoms with Gasteiger partial charge >= 0.3 is 0 Å². The molecule has 208 valence electrons. The molecule has 4 aromatic rings. The summed E-state index contributed by atoms with van der Waals surface area (Å²) < 4.78 is 25.3. The Hall–Kier alpha value is -4.15. The van der Waals surface area contributed by atoms with Gasteiger partial charge in [0.1, 0.15) is 18.1 Å². The summed E-state index contributed by atoms with van der Waals surface area (Å²) in [4.78, 5) is 12.8. The predicted octanol–water partition coefficient (Wildman–Crippen LogP) is 5.07. The number of aromatic nitrogens is 4. The summed E-state index contributed by atoms with van der Waals surface area (Å²) in [7, 11) is 1.61. The third-order valence-electron chi connectivity index (χ3n) is 7.33. The third kappa shape index (κ3) is 5.88. The summed E-state index contributed by atoms with van der Waals surface area (Å²) in [6.07, 6.45) is 7.85. The van der Waals surface area contributed by atoms with Crippen molar-refractivity contribution in [3.05, 3.63) is 83.3 Å². The van der Waals surface area contributed by atoms with Gasteiger partial charge in [-0.2, -0.15) is 10.2 Å². The second kappa shape index (κ2) is 11.9. The van der Waals surface area contributed by atoms with Crippen molar-refractivity contribution in [3.8, 4) is 17.2 Å². The zero-order valence-corrected chi connectivity index (χ0v) is 22.5. The zero-order chi connectivity index (χ0) is 27.3. The van der Waals surface area contributed by atoms with Gasteiger partial charge in [-0.3, -0.25) is 9.89 Å². The summed E-state index contributed by atoms with van der Waals surface area (Å²) in [5.41, 5.74) is 4.27. The lowest BCUT2D eigenvalue weighted by Crippen LogP contribution is -2.14. The van der Waals surface area contributed by atoms with Crippen molar-refractivity contribution in [2.45, 2.75) is 50.9 Å². The van der Waals surface area contributed by atoms with Crippen LogP contribution in [0.15, 0.2) is 60.9 Å². The van der Waals surface area contributed by atoms with Crippen molar-refractivity contribution >= 4 is 11.7 Å². The molecule has 1 aliphatic carbocycles. The molecule has 0 bridgehead atoms. The summed E-state index contributed by atoms with van der Waals surface area (Å²) in [5, 5.41) is 14.8. The number of hydrogen-bond acceptors (Lipinski definition) is 7. The molecule has 0 radical (unpaired) electrons. The van der Waals surface area contributed by atoms with E-state index in [1.807, 2.05) is 54.7 Å². The number of benzene rings is 2. The van der Waals surface area contributed by atoms with Gasteiger partial charge in [0.15, 0.2) is 12.1 Å². The first-order valence-electron chi connectivity index (χ1n) is 13.7. The highest BCUT2D eigenvalue weighted by atomic mass is 16.7. The van der Waals surface area contributed by atoms with Crippen molar-refractivity contribution in [2.75, 3.05) is 25.6 Å². The molecule has 1 amide bonds. The lowest BCUT2D eigenvalue weighted by Gasteiger charge is -2.20. The first-order valence-corrected chi connectivity index (χ1v) is 13.7. The lowest BCUT2D eigenvalue weighted by molar-refractivity contribution is -0.115. The van der Waals surface area contributed by atoms with Crippen LogP contribution >= 0.6 is 0 Å². The van der Waals surface area contributed by atoms with E-state index in [2.05, 4.69) is 20.6 Å². The smallest absolute Gasteiger partial charge is 0.230 e. The predicted molar refractivity (Wildman–Crippen MR) is 148 cm³/mol. The summed E-state index contributed by atoms with van der Waals surface area (Å²) >= 11 is 0. The molecule has 1 saturated carbocycles. The van der Waals surface area contributed by atoms with Crippen molar-refractivity contribution in [3.63, 3.8) is 0 Å². The molecule has 2 fully saturated rings. The van der Waals surface area contributed by atoms with Gasteiger partial charge in [0.25, 0.3) is 0 Å². The maximum Gasteiger partial charge on any atom is 0.230 e. The highest BCUT2D eigenvalue weighted by Crippen LogP contribution is 2.40. The van der Waals surface area contributed by atoms with Crippen molar-refractivity contribution in [2.24, 2.45) is 0 Å². The number of carbonyl (C=O) groups excluding carboxylic acids is 1. The molecule has 0 atom stereocenters. The van der Waals surface area contributed by atoms with E-state index in [1.54, 1.807) is 18.0 Å². The van der Waals surface area contributed by atoms with Crippen LogP contribution in [0.1, 0.15) is 60.3 Å². The Bertz CT molecular complexity index is 1440. The first-order chi connectivity index (χ1) is 19.7. The fourth-order valence-corrected chi connectivity index (χ4v) is 5.31. The van der Waals surface area contributed by atoms with E-state index in [0.717, 1.165) is 29.7 Å². The third-order valence-corrected chi connectivity index (χ3v) is 7.33. The Balaban J connectivity index is 1.22. The van der Waals surface area contributed by atoms with E-state index in [4.69, 9.17) is 18.9 Å². The van der Waals surface area contributed by atoms with Crippen LogP contribution in [-0.4, -0.2) is 46.2 Å². The van der Waals surface area contributed by atoms with Crippen LogP contribution in [0.3, 0.4) is 0 Å². The van der Waals surface area contributed by atoms with Gasteiger partial charge < -0.3 is 24.3 Å². The van der Waals surface area contributed by atoms with Crippen molar-refractivity contribution < 1.29 is 23.7 Å². The van der Waals surface area contributed by atoms with Crippen molar-refractivity contribution in [1.82, 2.24) is 20.0 Å². The minimum Gasteiger partial charge on any atom is -0.497 e. The van der Waals surface area contributed by atoms with E-state index in [9.17, 15) is 4.79 Å². The zero-order valence-electron chi connectivity index (χ0n) is 22.5. The Morgan fingerprint density at radius 2 is 1.90 bits per heavy atom. The monoisotopic (exact) mass is 543 g/mol. The molecule has 3 heterocycles. The van der Waals surface area contributed by atoms with Gasteiger partial charge in [0.2, 0.25) is 5.91 Å². The maximum absolute atomic E-state index is 12.8. The van der Waals surface area contributed by atoms with Gasteiger partial charge in [-0.15, -0.1) is 0 Å². The highest BCUT2D eigenvalue weighted by Gasteiger charge is 2.28. The number of aromatic amines is 1. The minimum atomic E-state index is -0.614. The number of ether oxygens (including phenoxy) is 4. The van der Waals surface area contributed by atoms with Crippen LogP contribution in [0.5, 0.6) is 11.5 Å². The van der Waals surface area contributed by atoms with Gasteiger partial charge in [-0.05, 0) is 24.0 Å². The molecule has 40 heavy (non-hydrogen) atoms. The Morgan fingerprint density at radius 3 is 2.67 bits per heavy atom. The van der Waals surface area contributed by atoms with E-state index >= 15 is 0 Å². The summed E-state index contributed by atoms with van der Waals surface area (Å²) in [6, 6.07) is 15.6. The molecule has 6 rings (SSSR count). The van der Waals surface area contributed by atoms with Crippen molar-refractivity contribution in [1.29, 1.82) is 0 Å². The van der Waals surface area contributed by atoms with E-state index < -0.39 is 6.29 Å². The normalized spacial score (nSPS) is 15.9. The largest absolute Gasteiger partial charge is 0.497 e. The number of rotatable bonds is 10. The van der Waals surface area contributed by atoms with E-state index in [-0.39, 0.29) is 12.3 Å². The number of methoxy groups -OCH3 is 1. The molecular weight excluding hydrogens is 510 g/mol. The Labute approximate surface area is 232 Å². The quantitative estimate of drug-likeness (QED) is 0.287. The molecule has 10 heteroatoms. The van der Waals surface area contributed by atoms with E-state index in [1.165, 1.54) is 12.8 Å². The number of anilines is 1. The molecular formula is C30H33N5O5. The second-order valence-corrected chi connectivity index (χ2v) is 10.1. The van der Waals surface area contributed by atoms with E-state index in [0.29, 0.717) is 54.3 Å². The lowest BCUT2D eigenvalue weighted by atomic mass is 10.0.